The molecular weight excluding hydrogens is 776 g/mol. The van der Waals surface area contributed by atoms with Crippen LogP contribution in [0.3, 0.4) is 0 Å². The molecule has 9 heteroatoms. The van der Waals surface area contributed by atoms with E-state index >= 15 is 0 Å². The Labute approximate surface area is 201 Å². The second-order valence-electron chi connectivity index (χ2n) is 5.95. The van der Waals surface area contributed by atoms with E-state index in [4.69, 9.17) is 0 Å². The Morgan fingerprint density at radius 3 is 1.96 bits per heavy atom. The van der Waals surface area contributed by atoms with Crippen LogP contribution in [0.25, 0.3) is 11.3 Å². The van der Waals surface area contributed by atoms with Crippen LogP contribution in [0.4, 0.5) is 13.2 Å². The SMILES string of the molecule is Cn1cc(-c2ccccc2)n(C)[c]1=[Pt].FC(F)(F)c1ccc(CN(I)I)cc1. The predicted molar refractivity (Wildman–Crippen MR) is 118 cm³/mol. The van der Waals surface area contributed by atoms with E-state index < -0.39 is 11.7 Å². The van der Waals surface area contributed by atoms with Crippen molar-refractivity contribution in [3.05, 3.63) is 75.7 Å². The van der Waals surface area contributed by atoms with E-state index in [2.05, 4.69) is 119 Å². The summed E-state index contributed by atoms with van der Waals surface area (Å²) in [5.74, 6) is 0. The zero-order valence-electron chi connectivity index (χ0n) is 15.0. The number of aromatic nitrogens is 2. The first-order chi connectivity index (χ1) is 13.1. The van der Waals surface area contributed by atoms with Crippen molar-refractivity contribution in [3.8, 4) is 11.3 Å². The molecule has 0 N–H and O–H groups in total. The normalized spacial score (nSPS) is 11.4. The van der Waals surface area contributed by atoms with Crippen molar-refractivity contribution < 1.29 is 32.5 Å². The van der Waals surface area contributed by atoms with Gasteiger partial charge in [-0.3, -0.25) is 0 Å². The second-order valence-corrected chi connectivity index (χ2v) is 11.1. The molecule has 0 atom stereocenters. The van der Waals surface area contributed by atoms with E-state index in [0.717, 1.165) is 17.7 Å². The average Bonchev–Trinajstić information content (AvgIpc) is 2.90. The molecular formula is C19H18F3I2N3Pt. The Balaban J connectivity index is 0.000000200. The molecule has 0 fully saturated rings. The summed E-state index contributed by atoms with van der Waals surface area (Å²) in [7, 11) is 4.15. The minimum Gasteiger partial charge on any atom is -0.184 e. The molecule has 0 aliphatic heterocycles. The topological polar surface area (TPSA) is 13.1 Å². The molecule has 0 saturated carbocycles. The Bertz CT molecular complexity index is 949. The van der Waals surface area contributed by atoms with Gasteiger partial charge < -0.3 is 0 Å². The number of benzene rings is 2. The third-order valence-electron chi connectivity index (χ3n) is 3.86. The van der Waals surface area contributed by atoms with Crippen LogP contribution < -0.4 is 0 Å². The number of alkyl halides is 3. The number of nitrogens with zero attached hydrogens (tertiary/aromatic N) is 3. The molecule has 0 unspecified atom stereocenters. The molecule has 3 rings (SSSR count). The van der Waals surface area contributed by atoms with Gasteiger partial charge in [-0.25, -0.2) is 0 Å². The van der Waals surface area contributed by atoms with Crippen LogP contribution in [0.2, 0.25) is 0 Å². The molecule has 3 nitrogen and oxygen atoms in total. The minimum absolute atomic E-state index is 0.602. The molecule has 0 bridgehead atoms. The zero-order chi connectivity index (χ0) is 20.9. The molecule has 1 aromatic heterocycles. The van der Waals surface area contributed by atoms with Gasteiger partial charge in [0, 0.05) is 52.3 Å². The quantitative estimate of drug-likeness (QED) is 0.224. The molecule has 0 aliphatic carbocycles. The fraction of sp³-hybridized carbons (Fsp3) is 0.211. The predicted octanol–water partition coefficient (Wildman–Crippen LogP) is 6.32. The summed E-state index contributed by atoms with van der Waals surface area (Å²) in [6.45, 7) is 0.624. The third kappa shape index (κ3) is 6.81. The molecule has 0 amide bonds. The van der Waals surface area contributed by atoms with Crippen molar-refractivity contribution in [2.45, 2.75) is 12.7 Å². The minimum atomic E-state index is -4.24. The molecule has 0 radical (unpaired) electrons. The van der Waals surface area contributed by atoms with Crippen LogP contribution in [0.1, 0.15) is 11.1 Å². The molecule has 3 aromatic rings. The van der Waals surface area contributed by atoms with Crippen LogP contribution in [-0.4, -0.2) is 10.5 Å². The Kier molecular flexibility index (Phi) is 8.97. The van der Waals surface area contributed by atoms with Gasteiger partial charge in [0.15, 0.2) is 0 Å². The van der Waals surface area contributed by atoms with Crippen molar-refractivity contribution in [2.75, 3.05) is 0 Å². The van der Waals surface area contributed by atoms with Crippen molar-refractivity contribution >= 4 is 45.7 Å². The number of rotatable bonds is 3. The standard InChI is InChI=1S/C11H12N2.C8H6F3I2N.Pt/c1-12-8-11(13(2)9-12)10-6-4-3-5-7-10;9-8(10,11)7-3-1-6(2-4-7)5-14(12)13;/h3-8H,1-2H3;1-4H,5H2;. The van der Waals surface area contributed by atoms with Gasteiger partial charge in [0.2, 0.25) is 0 Å². The smallest absolute Gasteiger partial charge is 0.184 e. The summed E-state index contributed by atoms with van der Waals surface area (Å²) >= 11 is 6.46. The summed E-state index contributed by atoms with van der Waals surface area (Å²) in [6, 6.07) is 15.6. The second kappa shape index (κ2) is 10.5. The fourth-order valence-electron chi connectivity index (χ4n) is 2.46. The van der Waals surface area contributed by atoms with E-state index in [-0.39, 0.29) is 0 Å². The van der Waals surface area contributed by atoms with Crippen LogP contribution >= 0.6 is 45.7 Å². The first kappa shape index (κ1) is 23.8. The van der Waals surface area contributed by atoms with Crippen LogP contribution in [0.5, 0.6) is 0 Å². The summed E-state index contributed by atoms with van der Waals surface area (Å²) in [6.07, 6.45) is -2.09. The average molecular weight is 794 g/mol. The molecule has 154 valence electrons. The van der Waals surface area contributed by atoms with Gasteiger partial charge in [-0.2, -0.15) is 14.5 Å². The van der Waals surface area contributed by atoms with Gasteiger partial charge >= 0.3 is 100 Å². The first-order valence-electron chi connectivity index (χ1n) is 8.08. The number of hydrogen-bond acceptors (Lipinski definition) is 1. The van der Waals surface area contributed by atoms with Crippen LogP contribution in [-0.2, 0) is 46.2 Å². The molecule has 2 aromatic carbocycles. The third-order valence-corrected chi connectivity index (χ3v) is 6.10. The largest absolute Gasteiger partial charge is 0.416 e. The number of hydrogen-bond donors (Lipinski definition) is 0. The van der Waals surface area contributed by atoms with Crippen molar-refractivity contribution in [3.63, 3.8) is 0 Å². The van der Waals surface area contributed by atoms with E-state index in [1.807, 2.05) is 7.39 Å². The Morgan fingerprint density at radius 1 is 0.964 bits per heavy atom. The van der Waals surface area contributed by atoms with Crippen molar-refractivity contribution in [1.82, 2.24) is 10.5 Å². The summed E-state index contributed by atoms with van der Waals surface area (Å²) in [4.78, 5) is 0. The molecule has 0 aliphatic rings. The van der Waals surface area contributed by atoms with E-state index in [1.54, 1.807) is 0 Å². The maximum Gasteiger partial charge on any atom is 0.416 e. The van der Waals surface area contributed by atoms with Crippen LogP contribution in [0, 0.1) is 3.80 Å². The number of imidazole rings is 1. The van der Waals surface area contributed by atoms with E-state index in [0.29, 0.717) is 6.54 Å². The molecule has 1 heterocycles. The van der Waals surface area contributed by atoms with Crippen molar-refractivity contribution in [1.29, 1.82) is 0 Å². The Morgan fingerprint density at radius 2 is 1.54 bits per heavy atom. The molecule has 28 heavy (non-hydrogen) atoms. The first-order valence-corrected chi connectivity index (χ1v) is 11.1. The van der Waals surface area contributed by atoms with Gasteiger partial charge in [0.25, 0.3) is 0 Å². The monoisotopic (exact) mass is 794 g/mol. The number of halogens is 5. The molecule has 0 saturated heterocycles. The van der Waals surface area contributed by atoms with Crippen molar-refractivity contribution in [2.24, 2.45) is 14.1 Å². The molecule has 0 spiro atoms. The van der Waals surface area contributed by atoms with Gasteiger partial charge in [-0.1, -0.05) is 12.1 Å². The number of aryl methyl sites for hydroxylation is 1. The summed E-state index contributed by atoms with van der Waals surface area (Å²) in [5.41, 5.74) is 2.77. The van der Waals surface area contributed by atoms with Gasteiger partial charge in [0.05, 0.1) is 5.56 Å². The summed E-state index contributed by atoms with van der Waals surface area (Å²) < 4.78 is 43.9. The summed E-state index contributed by atoms with van der Waals surface area (Å²) in [5, 5.41) is 0. The van der Waals surface area contributed by atoms with Gasteiger partial charge in [-0.05, 0) is 17.7 Å². The van der Waals surface area contributed by atoms with Gasteiger partial charge in [0.1, 0.15) is 0 Å². The van der Waals surface area contributed by atoms with E-state index in [9.17, 15) is 13.2 Å². The fourth-order valence-corrected chi connectivity index (χ4v) is 3.67. The van der Waals surface area contributed by atoms with E-state index in [1.165, 1.54) is 27.2 Å². The van der Waals surface area contributed by atoms with Gasteiger partial charge in [-0.15, -0.1) is 0 Å². The Hall–Kier alpha value is -0.452. The van der Waals surface area contributed by atoms with Crippen LogP contribution in [0.15, 0.2) is 60.8 Å². The maximum atomic E-state index is 12.2. The maximum absolute atomic E-state index is 12.2. The zero-order valence-corrected chi connectivity index (χ0v) is 21.6.